The molecule has 0 saturated carbocycles. The monoisotopic (exact) mass is 178 g/mol. The van der Waals surface area contributed by atoms with Crippen molar-refractivity contribution in [2.75, 3.05) is 0 Å². The van der Waals surface area contributed by atoms with E-state index in [4.69, 9.17) is 9.68 Å². The third-order valence-electron chi connectivity index (χ3n) is 1.65. The Morgan fingerprint density at radius 3 is 3.08 bits per heavy atom. The summed E-state index contributed by atoms with van der Waals surface area (Å²) in [5.74, 6) is -0.276. The molecule has 0 bridgehead atoms. The van der Waals surface area contributed by atoms with Crippen molar-refractivity contribution >= 4 is 5.91 Å². The fraction of sp³-hybridized carbons (Fsp3) is 0.333. The standard InChI is InChI=1S/C9H10N2O2/c1-2-8(5-10)11-9(12)7-3-4-13-6-7/h3-4,6,8H,2H2,1H3,(H,11,12)/t8-/m0/s1. The van der Waals surface area contributed by atoms with Gasteiger partial charge < -0.3 is 9.73 Å². The molecular formula is C9H10N2O2. The first-order chi connectivity index (χ1) is 6.27. The van der Waals surface area contributed by atoms with Gasteiger partial charge in [-0.2, -0.15) is 5.26 Å². The summed E-state index contributed by atoms with van der Waals surface area (Å²) in [5.41, 5.74) is 0.439. The summed E-state index contributed by atoms with van der Waals surface area (Å²) in [6.45, 7) is 1.84. The maximum absolute atomic E-state index is 11.3. The molecule has 0 aliphatic rings. The molecule has 0 aromatic carbocycles. The quantitative estimate of drug-likeness (QED) is 0.758. The predicted octanol–water partition coefficient (Wildman–Crippen LogP) is 1.31. The summed E-state index contributed by atoms with van der Waals surface area (Å²) in [7, 11) is 0. The van der Waals surface area contributed by atoms with Crippen molar-refractivity contribution in [1.82, 2.24) is 5.32 Å². The first kappa shape index (κ1) is 9.33. The summed E-state index contributed by atoms with van der Waals surface area (Å²) >= 11 is 0. The lowest BCUT2D eigenvalue weighted by atomic mass is 10.2. The van der Waals surface area contributed by atoms with Gasteiger partial charge in [-0.3, -0.25) is 4.79 Å². The Kier molecular flexibility index (Phi) is 3.09. The molecule has 1 aromatic heterocycles. The van der Waals surface area contributed by atoms with Crippen molar-refractivity contribution in [1.29, 1.82) is 5.26 Å². The van der Waals surface area contributed by atoms with Gasteiger partial charge in [0, 0.05) is 0 Å². The van der Waals surface area contributed by atoms with Crippen LogP contribution in [0.3, 0.4) is 0 Å². The molecular weight excluding hydrogens is 168 g/mol. The summed E-state index contributed by atoms with van der Waals surface area (Å²) in [5, 5.41) is 11.1. The Labute approximate surface area is 76.2 Å². The molecule has 0 aliphatic heterocycles. The lowest BCUT2D eigenvalue weighted by Gasteiger charge is -2.06. The molecule has 0 fully saturated rings. The Balaban J connectivity index is 2.57. The van der Waals surface area contributed by atoms with Gasteiger partial charge in [-0.25, -0.2) is 0 Å². The molecule has 13 heavy (non-hydrogen) atoms. The molecule has 1 rings (SSSR count). The van der Waals surface area contributed by atoms with Crippen molar-refractivity contribution < 1.29 is 9.21 Å². The molecule has 0 radical (unpaired) electrons. The Bertz CT molecular complexity index is 311. The number of nitrogens with zero attached hydrogens (tertiary/aromatic N) is 1. The van der Waals surface area contributed by atoms with E-state index < -0.39 is 6.04 Å². The third kappa shape index (κ3) is 2.34. The second-order valence-corrected chi connectivity index (χ2v) is 2.58. The van der Waals surface area contributed by atoms with Crippen LogP contribution in [0.15, 0.2) is 23.0 Å². The Hall–Kier alpha value is -1.76. The smallest absolute Gasteiger partial charge is 0.255 e. The maximum atomic E-state index is 11.3. The van der Waals surface area contributed by atoms with Crippen LogP contribution in [0.4, 0.5) is 0 Å². The zero-order valence-electron chi connectivity index (χ0n) is 7.28. The lowest BCUT2D eigenvalue weighted by Crippen LogP contribution is -2.32. The molecule has 1 heterocycles. The normalized spacial score (nSPS) is 11.7. The van der Waals surface area contributed by atoms with E-state index in [1.54, 1.807) is 6.07 Å². The predicted molar refractivity (Wildman–Crippen MR) is 45.9 cm³/mol. The van der Waals surface area contributed by atoms with Crippen molar-refractivity contribution in [3.8, 4) is 6.07 Å². The second-order valence-electron chi connectivity index (χ2n) is 2.58. The van der Waals surface area contributed by atoms with Gasteiger partial charge >= 0.3 is 0 Å². The van der Waals surface area contributed by atoms with E-state index in [0.29, 0.717) is 12.0 Å². The van der Waals surface area contributed by atoms with Gasteiger partial charge in [-0.1, -0.05) is 6.92 Å². The molecule has 68 valence electrons. The molecule has 0 unspecified atom stereocenters. The van der Waals surface area contributed by atoms with Crippen LogP contribution in [-0.4, -0.2) is 11.9 Å². The van der Waals surface area contributed by atoms with Crippen LogP contribution in [0.1, 0.15) is 23.7 Å². The van der Waals surface area contributed by atoms with Gasteiger partial charge in [0.25, 0.3) is 5.91 Å². The topological polar surface area (TPSA) is 66.0 Å². The van der Waals surface area contributed by atoms with Crippen molar-refractivity contribution in [3.63, 3.8) is 0 Å². The number of hydrogen-bond acceptors (Lipinski definition) is 3. The van der Waals surface area contributed by atoms with Gasteiger partial charge in [-0.15, -0.1) is 0 Å². The number of hydrogen-bond donors (Lipinski definition) is 1. The highest BCUT2D eigenvalue weighted by molar-refractivity contribution is 5.94. The molecule has 4 nitrogen and oxygen atoms in total. The number of amides is 1. The van der Waals surface area contributed by atoms with Crippen LogP contribution in [-0.2, 0) is 0 Å². The third-order valence-corrected chi connectivity index (χ3v) is 1.65. The number of nitrogens with one attached hydrogen (secondary N) is 1. The summed E-state index contributed by atoms with van der Waals surface area (Å²) in [4.78, 5) is 11.3. The van der Waals surface area contributed by atoms with E-state index in [1.165, 1.54) is 12.5 Å². The highest BCUT2D eigenvalue weighted by Gasteiger charge is 2.11. The molecule has 0 aliphatic carbocycles. The van der Waals surface area contributed by atoms with Crippen LogP contribution in [0.25, 0.3) is 0 Å². The van der Waals surface area contributed by atoms with Gasteiger partial charge in [0.15, 0.2) is 0 Å². The van der Waals surface area contributed by atoms with Gasteiger partial charge in [0.1, 0.15) is 12.3 Å². The lowest BCUT2D eigenvalue weighted by molar-refractivity contribution is 0.0944. The van der Waals surface area contributed by atoms with Gasteiger partial charge in [-0.05, 0) is 12.5 Å². The zero-order valence-corrected chi connectivity index (χ0v) is 7.28. The minimum Gasteiger partial charge on any atom is -0.472 e. The number of carbonyl (C=O) groups is 1. The van der Waals surface area contributed by atoms with E-state index in [2.05, 4.69) is 5.32 Å². The fourth-order valence-electron chi connectivity index (χ4n) is 0.861. The molecule has 1 atom stereocenters. The largest absolute Gasteiger partial charge is 0.472 e. The summed E-state index contributed by atoms with van der Waals surface area (Å²) in [6.07, 6.45) is 3.36. The highest BCUT2D eigenvalue weighted by Crippen LogP contribution is 2.00. The Morgan fingerprint density at radius 2 is 2.62 bits per heavy atom. The number of rotatable bonds is 3. The zero-order chi connectivity index (χ0) is 9.68. The highest BCUT2D eigenvalue weighted by atomic mass is 16.3. The van der Waals surface area contributed by atoms with Crippen LogP contribution in [0.5, 0.6) is 0 Å². The second kappa shape index (κ2) is 4.31. The van der Waals surface area contributed by atoms with Gasteiger partial charge in [0.2, 0.25) is 0 Å². The average molecular weight is 178 g/mol. The minimum absolute atomic E-state index is 0.276. The van der Waals surface area contributed by atoms with Gasteiger partial charge in [0.05, 0.1) is 17.9 Å². The first-order valence-electron chi connectivity index (χ1n) is 4.00. The van der Waals surface area contributed by atoms with E-state index in [1.807, 2.05) is 13.0 Å². The van der Waals surface area contributed by atoms with Crippen molar-refractivity contribution in [2.45, 2.75) is 19.4 Å². The minimum atomic E-state index is -0.428. The van der Waals surface area contributed by atoms with E-state index in [9.17, 15) is 4.79 Å². The SMILES string of the molecule is CC[C@@H](C#N)NC(=O)c1ccoc1. The van der Waals surface area contributed by atoms with Crippen LogP contribution in [0.2, 0.25) is 0 Å². The number of furan rings is 1. The van der Waals surface area contributed by atoms with Crippen LogP contribution >= 0.6 is 0 Å². The number of nitriles is 1. The van der Waals surface area contributed by atoms with Crippen molar-refractivity contribution in [3.05, 3.63) is 24.2 Å². The molecule has 1 N–H and O–H groups in total. The first-order valence-corrected chi connectivity index (χ1v) is 4.00. The molecule has 0 spiro atoms. The summed E-state index contributed by atoms with van der Waals surface area (Å²) in [6, 6.07) is 3.11. The molecule has 1 amide bonds. The number of carbonyl (C=O) groups excluding carboxylic acids is 1. The summed E-state index contributed by atoms with van der Waals surface area (Å²) < 4.78 is 4.74. The molecule has 4 heteroatoms. The Morgan fingerprint density at radius 1 is 1.85 bits per heavy atom. The van der Waals surface area contributed by atoms with Crippen molar-refractivity contribution in [2.24, 2.45) is 0 Å². The maximum Gasteiger partial charge on any atom is 0.255 e. The fourth-order valence-corrected chi connectivity index (χ4v) is 0.861. The van der Waals surface area contributed by atoms with Crippen LogP contribution in [0, 0.1) is 11.3 Å². The van der Waals surface area contributed by atoms with E-state index in [0.717, 1.165) is 0 Å². The van der Waals surface area contributed by atoms with E-state index in [-0.39, 0.29) is 5.91 Å². The molecule has 0 saturated heterocycles. The molecule has 1 aromatic rings. The van der Waals surface area contributed by atoms with E-state index >= 15 is 0 Å². The van der Waals surface area contributed by atoms with Crippen LogP contribution < -0.4 is 5.32 Å². The average Bonchev–Trinajstić information content (AvgIpc) is 2.66.